The van der Waals surface area contributed by atoms with Crippen molar-refractivity contribution in [1.29, 1.82) is 0 Å². The number of carbonyl (C=O) groups is 1. The van der Waals surface area contributed by atoms with Gasteiger partial charge in [-0.1, -0.05) is 18.2 Å². The zero-order chi connectivity index (χ0) is 34.2. The second kappa shape index (κ2) is 11.4. The Labute approximate surface area is 274 Å². The number of rotatable bonds is 8. The van der Waals surface area contributed by atoms with Crippen LogP contribution in [0.25, 0.3) is 11.1 Å². The number of nitrogens with one attached hydrogen (secondary N) is 2. The molecule has 4 aliphatic heterocycles. The Morgan fingerprint density at radius 1 is 1.10 bits per heavy atom. The zero-order valence-electron chi connectivity index (χ0n) is 26.2. The van der Waals surface area contributed by atoms with E-state index in [1.54, 1.807) is 18.2 Å². The van der Waals surface area contributed by atoms with Gasteiger partial charge in [0, 0.05) is 23.7 Å². The van der Waals surface area contributed by atoms with Gasteiger partial charge in [-0.15, -0.1) is 0 Å². The minimum absolute atomic E-state index is 0.0302. The molecule has 0 amide bonds. The predicted molar refractivity (Wildman–Crippen MR) is 164 cm³/mol. The third kappa shape index (κ3) is 4.36. The Morgan fingerprint density at radius 2 is 1.90 bits per heavy atom. The summed E-state index contributed by atoms with van der Waals surface area (Å²) in [6.07, 6.45) is -4.98. The van der Waals surface area contributed by atoms with Crippen LogP contribution in [-0.2, 0) is 9.53 Å². The first-order valence-electron chi connectivity index (χ1n) is 15.2. The van der Waals surface area contributed by atoms with E-state index in [9.17, 15) is 35.4 Å². The molecule has 4 heterocycles. The van der Waals surface area contributed by atoms with Crippen LogP contribution < -0.4 is 34.3 Å². The maximum absolute atomic E-state index is 12.8. The van der Waals surface area contributed by atoms with E-state index in [-0.39, 0.29) is 30.6 Å². The molecule has 2 bridgehead atoms. The van der Waals surface area contributed by atoms with Gasteiger partial charge in [-0.2, -0.15) is 0 Å². The molecular weight excluding hydrogens is 632 g/mol. The molecule has 0 saturated carbocycles. The Bertz CT molecular complexity index is 1770. The van der Waals surface area contributed by atoms with Crippen LogP contribution >= 0.6 is 0 Å². The van der Waals surface area contributed by atoms with Crippen molar-refractivity contribution in [3.8, 4) is 45.6 Å². The summed E-state index contributed by atoms with van der Waals surface area (Å²) in [6.45, 7) is -1.18. The molecule has 0 spiro atoms. The van der Waals surface area contributed by atoms with Crippen LogP contribution in [0.5, 0.6) is 34.5 Å². The minimum atomic E-state index is -2.66. The third-order valence-electron chi connectivity index (χ3n) is 9.81. The van der Waals surface area contributed by atoms with Crippen LogP contribution in [0.1, 0.15) is 23.1 Å². The highest BCUT2D eigenvalue weighted by atomic mass is 16.7. The molecule has 48 heavy (non-hydrogen) atoms. The van der Waals surface area contributed by atoms with Crippen molar-refractivity contribution in [2.75, 3.05) is 41.0 Å². The largest absolute Gasteiger partial charge is 0.508 e. The molecule has 8 N–H and O–H groups in total. The van der Waals surface area contributed by atoms with Crippen molar-refractivity contribution in [2.45, 2.75) is 47.4 Å². The van der Waals surface area contributed by atoms with Crippen LogP contribution in [0.4, 0.5) is 0 Å². The number of aliphatic hydroxyl groups excluding tert-OH is 3. The van der Waals surface area contributed by atoms with Gasteiger partial charge in [0.05, 0.1) is 32.8 Å². The number of phenolic OH excluding ortho intramolecular Hbond substituents is 1. The van der Waals surface area contributed by atoms with Crippen molar-refractivity contribution in [3.05, 3.63) is 59.7 Å². The molecular formula is C33H36N2O13. The summed E-state index contributed by atoms with van der Waals surface area (Å²) in [5.41, 5.74) is -2.79. The summed E-state index contributed by atoms with van der Waals surface area (Å²) < 4.78 is 36.0. The summed E-state index contributed by atoms with van der Waals surface area (Å²) >= 11 is 0. The number of aliphatic carboxylic acids is 1. The van der Waals surface area contributed by atoms with E-state index in [1.807, 2.05) is 6.07 Å². The van der Waals surface area contributed by atoms with Gasteiger partial charge in [0.2, 0.25) is 11.4 Å². The lowest BCUT2D eigenvalue weighted by atomic mass is 9.71. The molecule has 0 aliphatic carbocycles. The highest BCUT2D eigenvalue weighted by Crippen LogP contribution is 2.58. The number of piperidine rings is 1. The Kier molecular flexibility index (Phi) is 7.63. The van der Waals surface area contributed by atoms with E-state index < -0.39 is 54.0 Å². The molecule has 15 heteroatoms. The Morgan fingerprint density at radius 3 is 2.56 bits per heavy atom. The van der Waals surface area contributed by atoms with Gasteiger partial charge in [0.25, 0.3) is 5.79 Å². The molecule has 7 rings (SSSR count). The number of aromatic hydroxyl groups is 1. The van der Waals surface area contributed by atoms with Crippen molar-refractivity contribution < 1.29 is 63.9 Å². The number of carboxylic acids is 1. The van der Waals surface area contributed by atoms with Crippen molar-refractivity contribution in [1.82, 2.24) is 10.6 Å². The molecule has 8 atom stereocenters. The first-order valence-corrected chi connectivity index (χ1v) is 15.2. The van der Waals surface area contributed by atoms with Gasteiger partial charge >= 0.3 is 5.97 Å². The van der Waals surface area contributed by atoms with Gasteiger partial charge in [-0.05, 0) is 42.4 Å². The fourth-order valence-electron chi connectivity index (χ4n) is 7.44. The van der Waals surface area contributed by atoms with Gasteiger partial charge in [0.15, 0.2) is 23.3 Å². The first kappa shape index (κ1) is 32.2. The number of phenols is 1. The fourth-order valence-corrected chi connectivity index (χ4v) is 7.44. The average Bonchev–Trinajstić information content (AvgIpc) is 3.47. The number of fused-ring (bicyclic) bond motifs is 7. The number of methoxy groups -OCH3 is 2. The SMILES string of the molecule is CN[C@H]1CN[C@@]2(O)[C@@H](O)[C@](CO)(Oc3cc4c(c(-c5cccc(O)c5)c3)[C@@H]3Oc5c(ccc(OC)c5OC)[C@@H]3CO4)O[C@]1(C(=O)O)[C@H]2O. The summed E-state index contributed by atoms with van der Waals surface area (Å²) in [7, 11) is 4.48. The number of carboxylic acid groups (broad SMARTS) is 1. The summed E-state index contributed by atoms with van der Waals surface area (Å²) in [5.74, 6) is -2.94. The molecule has 0 radical (unpaired) electrons. The van der Waals surface area contributed by atoms with Gasteiger partial charge in [-0.3, -0.25) is 5.32 Å². The molecule has 3 aromatic rings. The number of ether oxygens (including phenoxy) is 6. The van der Waals surface area contributed by atoms with Gasteiger partial charge in [0.1, 0.15) is 36.1 Å². The summed E-state index contributed by atoms with van der Waals surface area (Å²) in [5, 5.41) is 70.9. The zero-order valence-corrected chi connectivity index (χ0v) is 26.2. The minimum Gasteiger partial charge on any atom is -0.508 e. The molecule has 0 aromatic heterocycles. The van der Waals surface area contributed by atoms with E-state index in [0.717, 1.165) is 5.56 Å². The monoisotopic (exact) mass is 668 g/mol. The van der Waals surface area contributed by atoms with Crippen LogP contribution in [0, 0.1) is 0 Å². The third-order valence-corrected chi connectivity index (χ3v) is 9.81. The van der Waals surface area contributed by atoms with Crippen LogP contribution in [-0.4, -0.2) is 113 Å². The first-order chi connectivity index (χ1) is 23.0. The molecule has 4 aliphatic rings. The normalized spacial score (nSPS) is 32.9. The highest BCUT2D eigenvalue weighted by Gasteiger charge is 2.76. The fraction of sp³-hybridized carbons (Fsp3) is 0.424. The van der Waals surface area contributed by atoms with Crippen LogP contribution in [0.2, 0.25) is 0 Å². The van der Waals surface area contributed by atoms with E-state index >= 15 is 0 Å². The van der Waals surface area contributed by atoms with Crippen LogP contribution in [0.3, 0.4) is 0 Å². The average molecular weight is 669 g/mol. The lowest BCUT2D eigenvalue weighted by Gasteiger charge is -2.61. The smallest absolute Gasteiger partial charge is 0.340 e. The number of benzene rings is 3. The lowest BCUT2D eigenvalue weighted by molar-refractivity contribution is -0.411. The van der Waals surface area contributed by atoms with E-state index in [0.29, 0.717) is 39.7 Å². The predicted octanol–water partition coefficient (Wildman–Crippen LogP) is 0.209. The van der Waals surface area contributed by atoms with E-state index in [1.165, 1.54) is 45.5 Å². The highest BCUT2D eigenvalue weighted by molar-refractivity contribution is 5.81. The molecule has 2 saturated heterocycles. The molecule has 3 aromatic carbocycles. The number of hydrogen-bond acceptors (Lipinski definition) is 14. The maximum atomic E-state index is 12.8. The van der Waals surface area contributed by atoms with E-state index in [4.69, 9.17) is 28.4 Å². The molecule has 0 unspecified atom stereocenters. The topological polar surface area (TPSA) is 218 Å². The number of likely N-dealkylation sites (N-methyl/N-ethyl adjacent to an activating group) is 1. The Balaban J connectivity index is 1.36. The molecule has 2 fully saturated rings. The van der Waals surface area contributed by atoms with Crippen molar-refractivity contribution in [3.63, 3.8) is 0 Å². The maximum Gasteiger partial charge on any atom is 0.340 e. The molecule has 256 valence electrons. The van der Waals surface area contributed by atoms with E-state index in [2.05, 4.69) is 10.6 Å². The van der Waals surface area contributed by atoms with Crippen LogP contribution in [0.15, 0.2) is 48.5 Å². The molecule has 15 nitrogen and oxygen atoms in total. The van der Waals surface area contributed by atoms with Crippen molar-refractivity contribution >= 4 is 5.97 Å². The summed E-state index contributed by atoms with van der Waals surface area (Å²) in [4.78, 5) is 12.8. The number of hydrogen-bond donors (Lipinski definition) is 8. The van der Waals surface area contributed by atoms with Crippen molar-refractivity contribution in [2.24, 2.45) is 0 Å². The second-order valence-corrected chi connectivity index (χ2v) is 12.2. The second-order valence-electron chi connectivity index (χ2n) is 12.2. The van der Waals surface area contributed by atoms with Gasteiger partial charge < -0.3 is 64.4 Å². The lowest BCUT2D eigenvalue weighted by Crippen LogP contribution is -2.90. The van der Waals surface area contributed by atoms with Gasteiger partial charge in [-0.25, -0.2) is 4.79 Å². The number of aliphatic hydroxyl groups is 4. The standard InChI is InChI=1S/C33H36N2O13/c1-34-23-12-35-33(42)28(38)31(14-36,48-32(23,29(33)39)30(40)41)47-17-10-19(15-5-4-6-16(37)9-15)24-22(11-17)45-13-20-18-7-8-21(43-2)27(44-3)26(18)46-25(20)24/h4-11,20,23,25,28-29,34-39,42H,12-14H2,1-3H3,(H,40,41)/t20-,23-,25+,28-,29+,31+,32-,33+/m0/s1. The Hall–Kier alpha value is -4.35. The quantitative estimate of drug-likeness (QED) is 0.161. The summed E-state index contributed by atoms with van der Waals surface area (Å²) in [6, 6.07) is 12.0.